The van der Waals surface area contributed by atoms with Crippen molar-refractivity contribution in [2.24, 2.45) is 0 Å². The summed E-state index contributed by atoms with van der Waals surface area (Å²) in [5.74, 6) is 1.02. The molecule has 3 nitrogen and oxygen atoms in total. The minimum atomic E-state index is -0.0385. The van der Waals surface area contributed by atoms with E-state index in [0.717, 1.165) is 18.1 Å². The Morgan fingerprint density at radius 1 is 1.55 bits per heavy atom. The summed E-state index contributed by atoms with van der Waals surface area (Å²) in [6.07, 6.45) is 0. The van der Waals surface area contributed by atoms with Gasteiger partial charge >= 0.3 is 76.4 Å². The van der Waals surface area contributed by atoms with Crippen molar-refractivity contribution >= 4 is 0 Å². The molecule has 1 aliphatic rings. The summed E-state index contributed by atoms with van der Waals surface area (Å²) in [4.78, 5) is 0. The zero-order valence-corrected chi connectivity index (χ0v) is 8.75. The Hall–Kier alpha value is -0.260. The summed E-state index contributed by atoms with van der Waals surface area (Å²) in [6, 6.07) is 0. The molecule has 0 bridgehead atoms. The fourth-order valence-corrected chi connectivity index (χ4v) is 2.83. The fourth-order valence-electron chi connectivity index (χ4n) is 1.10. The van der Waals surface area contributed by atoms with E-state index in [1.165, 1.54) is 9.99 Å². The third-order valence-electron chi connectivity index (χ3n) is 1.87. The molecule has 4 heteroatoms. The Bertz CT molecular complexity index is 282. The number of nitrogens with zero attached hydrogens (tertiary/aromatic N) is 2. The van der Waals surface area contributed by atoms with Crippen LogP contribution in [0.3, 0.4) is 0 Å². The van der Waals surface area contributed by atoms with Gasteiger partial charge in [-0.3, -0.25) is 0 Å². The molecular weight excluding hydrogens is 255 g/mol. The van der Waals surface area contributed by atoms with Crippen LogP contribution in [-0.4, -0.2) is 14.2 Å². The second-order valence-electron chi connectivity index (χ2n) is 2.61. The number of aryl methyl sites for hydroxylation is 2. The topological polar surface area (TPSA) is 27.1 Å². The third-order valence-corrected chi connectivity index (χ3v) is 3.52. The van der Waals surface area contributed by atoms with Crippen LogP contribution < -0.4 is 24.7 Å². The summed E-state index contributed by atoms with van der Waals surface area (Å²) < 4.78 is 8.75. The van der Waals surface area contributed by atoms with Crippen molar-refractivity contribution in [1.82, 2.24) is 9.78 Å². The summed E-state index contributed by atoms with van der Waals surface area (Å²) >= 11 is -0.0385. The van der Waals surface area contributed by atoms with E-state index in [4.69, 9.17) is 3.07 Å². The van der Waals surface area contributed by atoms with Crippen molar-refractivity contribution in [2.75, 3.05) is 4.43 Å². The summed E-state index contributed by atoms with van der Waals surface area (Å²) in [6.45, 7) is 5.16. The molecule has 1 aliphatic heterocycles. The second-order valence-corrected chi connectivity index (χ2v) is 4.76. The third kappa shape index (κ3) is 1.13. The van der Waals surface area contributed by atoms with Gasteiger partial charge in [-0.15, -0.1) is 0 Å². The quantitative estimate of drug-likeness (QED) is 0.397. The van der Waals surface area contributed by atoms with E-state index in [9.17, 15) is 0 Å². The zero-order chi connectivity index (χ0) is 7.84. The van der Waals surface area contributed by atoms with E-state index in [1.807, 2.05) is 11.6 Å². The molecule has 0 spiro atoms. The summed E-state index contributed by atoms with van der Waals surface area (Å²) in [5, 5.41) is 4.36. The fraction of sp³-hybridized carbons (Fsp3) is 0.571. The van der Waals surface area contributed by atoms with Crippen LogP contribution in [0.1, 0.15) is 11.3 Å². The van der Waals surface area contributed by atoms with Crippen LogP contribution in [0.2, 0.25) is 0 Å². The van der Waals surface area contributed by atoms with Gasteiger partial charge in [0.1, 0.15) is 0 Å². The SMILES string of the molecule is Cc1nn2c(c1C)O[I-]CC2. The Kier molecular flexibility index (Phi) is 1.78. The van der Waals surface area contributed by atoms with E-state index < -0.39 is 0 Å². The summed E-state index contributed by atoms with van der Waals surface area (Å²) in [5.41, 5.74) is 2.32. The van der Waals surface area contributed by atoms with Gasteiger partial charge in [0.25, 0.3) is 0 Å². The normalized spacial score (nSPS) is 16.5. The molecule has 2 rings (SSSR count). The number of fused-ring (bicyclic) bond motifs is 1. The Balaban J connectivity index is 2.50. The summed E-state index contributed by atoms with van der Waals surface area (Å²) in [7, 11) is 0. The average molecular weight is 265 g/mol. The Morgan fingerprint density at radius 3 is 3.09 bits per heavy atom. The van der Waals surface area contributed by atoms with Crippen LogP contribution in [0.15, 0.2) is 0 Å². The van der Waals surface area contributed by atoms with Crippen molar-refractivity contribution in [3.05, 3.63) is 11.3 Å². The first-order valence-corrected chi connectivity index (χ1v) is 6.00. The van der Waals surface area contributed by atoms with Gasteiger partial charge < -0.3 is 0 Å². The van der Waals surface area contributed by atoms with E-state index >= 15 is 0 Å². The molecule has 2 heterocycles. The first-order chi connectivity index (χ1) is 5.29. The molecule has 0 fully saturated rings. The number of aromatic nitrogens is 2. The van der Waals surface area contributed by atoms with Crippen molar-refractivity contribution in [2.45, 2.75) is 20.4 Å². The molecule has 11 heavy (non-hydrogen) atoms. The first-order valence-electron chi connectivity index (χ1n) is 3.59. The van der Waals surface area contributed by atoms with E-state index in [2.05, 4.69) is 12.0 Å². The number of alkyl halides is 1. The molecule has 0 N–H and O–H groups in total. The van der Waals surface area contributed by atoms with Crippen molar-refractivity contribution in [3.8, 4) is 5.88 Å². The van der Waals surface area contributed by atoms with Crippen LogP contribution in [0.25, 0.3) is 0 Å². The van der Waals surface area contributed by atoms with E-state index in [-0.39, 0.29) is 21.6 Å². The first kappa shape index (κ1) is 7.39. The van der Waals surface area contributed by atoms with Gasteiger partial charge in [0.15, 0.2) is 0 Å². The van der Waals surface area contributed by atoms with Gasteiger partial charge in [-0.05, 0) is 0 Å². The molecule has 0 amide bonds. The minimum absolute atomic E-state index is 0.0385. The van der Waals surface area contributed by atoms with Crippen molar-refractivity contribution < 1.29 is 24.7 Å². The molecular formula is C7H10IN2O-. The number of halogens is 1. The van der Waals surface area contributed by atoms with Gasteiger partial charge in [0, 0.05) is 0 Å². The van der Waals surface area contributed by atoms with Crippen LogP contribution >= 0.6 is 0 Å². The molecule has 0 radical (unpaired) electrons. The van der Waals surface area contributed by atoms with Gasteiger partial charge in [0.2, 0.25) is 0 Å². The number of rotatable bonds is 0. The number of hydrogen-bond donors (Lipinski definition) is 0. The molecule has 0 aliphatic carbocycles. The average Bonchev–Trinajstić information content (AvgIpc) is 2.30. The van der Waals surface area contributed by atoms with Crippen LogP contribution in [0.4, 0.5) is 0 Å². The van der Waals surface area contributed by atoms with Crippen LogP contribution in [-0.2, 0) is 6.54 Å². The van der Waals surface area contributed by atoms with Crippen molar-refractivity contribution in [1.29, 1.82) is 0 Å². The van der Waals surface area contributed by atoms with E-state index in [0.29, 0.717) is 0 Å². The predicted octanol–water partition coefficient (Wildman–Crippen LogP) is -2.10. The zero-order valence-electron chi connectivity index (χ0n) is 6.59. The van der Waals surface area contributed by atoms with Gasteiger partial charge in [0.05, 0.1) is 0 Å². The molecule has 0 aromatic carbocycles. The molecule has 0 unspecified atom stereocenters. The maximum atomic E-state index is 5.59. The Morgan fingerprint density at radius 2 is 2.36 bits per heavy atom. The molecule has 1 aromatic rings. The van der Waals surface area contributed by atoms with E-state index in [1.54, 1.807) is 0 Å². The molecule has 1 aromatic heterocycles. The van der Waals surface area contributed by atoms with Gasteiger partial charge in [-0.25, -0.2) is 0 Å². The molecule has 0 atom stereocenters. The molecule has 0 saturated carbocycles. The second kappa shape index (κ2) is 2.66. The Labute approximate surface area is 76.5 Å². The molecule has 62 valence electrons. The maximum absolute atomic E-state index is 5.59. The van der Waals surface area contributed by atoms with Crippen molar-refractivity contribution in [3.63, 3.8) is 0 Å². The van der Waals surface area contributed by atoms with Crippen LogP contribution in [0.5, 0.6) is 5.88 Å². The predicted molar refractivity (Wildman–Crippen MR) is 37.2 cm³/mol. The van der Waals surface area contributed by atoms with Crippen LogP contribution in [0, 0.1) is 13.8 Å². The standard InChI is InChI=1S/C7H10IN2O/c1-5-6(2)9-10-4-3-8-11-7(5)10/h3-4H2,1-2H3/q-1. The number of hydrogen-bond acceptors (Lipinski definition) is 2. The van der Waals surface area contributed by atoms with Gasteiger partial charge in [-0.1, -0.05) is 0 Å². The monoisotopic (exact) mass is 265 g/mol. The van der Waals surface area contributed by atoms with Gasteiger partial charge in [-0.2, -0.15) is 0 Å². The molecule has 0 saturated heterocycles.